The largest absolute Gasteiger partial charge is 0.495 e. The van der Waals surface area contributed by atoms with Crippen molar-refractivity contribution in [1.82, 2.24) is 0 Å². The summed E-state index contributed by atoms with van der Waals surface area (Å²) in [5.41, 5.74) is -1.12. The summed E-state index contributed by atoms with van der Waals surface area (Å²) in [6, 6.07) is 9.08. The minimum Gasteiger partial charge on any atom is -0.495 e. The third-order valence-electron chi connectivity index (χ3n) is 4.30. The van der Waals surface area contributed by atoms with Crippen LogP contribution in [0.1, 0.15) is 16.1 Å². The van der Waals surface area contributed by atoms with Crippen molar-refractivity contribution in [2.75, 3.05) is 30.2 Å². The Kier molecular flexibility index (Phi) is 7.34. The van der Waals surface area contributed by atoms with Gasteiger partial charge in [0.2, 0.25) is 0 Å². The summed E-state index contributed by atoms with van der Waals surface area (Å²) < 4.78 is 56.3. The van der Waals surface area contributed by atoms with E-state index in [1.165, 1.54) is 50.8 Å². The Morgan fingerprint density at radius 3 is 2.30 bits per heavy atom. The summed E-state index contributed by atoms with van der Waals surface area (Å²) in [7, 11) is 2.83. The van der Waals surface area contributed by atoms with Crippen molar-refractivity contribution in [2.24, 2.45) is 0 Å². The summed E-state index contributed by atoms with van der Waals surface area (Å²) >= 11 is 11.3. The second kappa shape index (κ2) is 10.0. The second-order valence-corrected chi connectivity index (χ2v) is 7.27. The maximum Gasteiger partial charge on any atom is 0.418 e. The Labute approximate surface area is 196 Å². The van der Waals surface area contributed by atoms with Gasteiger partial charge in [-0.15, -0.1) is 0 Å². The highest BCUT2D eigenvalue weighted by atomic mass is 35.5. The van der Waals surface area contributed by atoms with E-state index in [4.69, 9.17) is 37.7 Å². The lowest BCUT2D eigenvalue weighted by atomic mass is 10.1. The molecule has 0 aliphatic heterocycles. The SMILES string of the molecule is COc1cc(OC)c(NC(=S)Nc2ccc(NC(=O)c3ccco3)cc2C(F)(F)F)cc1Cl. The van der Waals surface area contributed by atoms with Crippen LogP contribution in [0.25, 0.3) is 0 Å². The molecule has 0 bridgehead atoms. The number of rotatable bonds is 6. The number of methoxy groups -OCH3 is 2. The molecule has 1 aromatic heterocycles. The van der Waals surface area contributed by atoms with Gasteiger partial charge in [0.25, 0.3) is 5.91 Å². The quantitative estimate of drug-likeness (QED) is 0.357. The van der Waals surface area contributed by atoms with E-state index in [2.05, 4.69) is 16.0 Å². The molecular weight excluding hydrogens is 483 g/mol. The third-order valence-corrected chi connectivity index (χ3v) is 4.80. The van der Waals surface area contributed by atoms with Crippen LogP contribution < -0.4 is 25.4 Å². The fraction of sp³-hybridized carbons (Fsp3) is 0.143. The maximum atomic E-state index is 13.7. The van der Waals surface area contributed by atoms with Crippen LogP contribution in [0.15, 0.2) is 53.1 Å². The van der Waals surface area contributed by atoms with Crippen LogP contribution in [0.3, 0.4) is 0 Å². The van der Waals surface area contributed by atoms with Gasteiger partial charge in [0.1, 0.15) is 11.5 Å². The number of benzene rings is 2. The van der Waals surface area contributed by atoms with Crippen molar-refractivity contribution in [3.63, 3.8) is 0 Å². The minimum atomic E-state index is -4.73. The predicted molar refractivity (Wildman–Crippen MR) is 123 cm³/mol. The van der Waals surface area contributed by atoms with Crippen molar-refractivity contribution in [3.05, 3.63) is 65.1 Å². The fourth-order valence-electron chi connectivity index (χ4n) is 2.80. The molecule has 7 nitrogen and oxygen atoms in total. The topological polar surface area (TPSA) is 84.8 Å². The molecule has 0 aliphatic rings. The summed E-state index contributed by atoms with van der Waals surface area (Å²) in [4.78, 5) is 12.1. The van der Waals surface area contributed by atoms with Crippen molar-refractivity contribution in [3.8, 4) is 11.5 Å². The molecule has 3 rings (SSSR count). The van der Waals surface area contributed by atoms with E-state index in [0.717, 1.165) is 12.1 Å². The van der Waals surface area contributed by atoms with Crippen LogP contribution >= 0.6 is 23.8 Å². The third kappa shape index (κ3) is 5.88. The number of carbonyl (C=O) groups excluding carboxylic acids is 1. The van der Waals surface area contributed by atoms with Gasteiger partial charge in [-0.3, -0.25) is 4.79 Å². The first-order chi connectivity index (χ1) is 15.6. The number of carbonyl (C=O) groups is 1. The molecule has 0 spiro atoms. The van der Waals surface area contributed by atoms with Gasteiger partial charge in [-0.25, -0.2) is 0 Å². The summed E-state index contributed by atoms with van der Waals surface area (Å²) in [5, 5.41) is 7.72. The number of ether oxygens (including phenoxy) is 2. The fourth-order valence-corrected chi connectivity index (χ4v) is 3.26. The second-order valence-electron chi connectivity index (χ2n) is 6.46. The van der Waals surface area contributed by atoms with Crippen LogP contribution in [0, 0.1) is 0 Å². The number of nitrogens with one attached hydrogen (secondary N) is 3. The van der Waals surface area contributed by atoms with Crippen LogP contribution in [0.5, 0.6) is 11.5 Å². The number of alkyl halides is 3. The average molecular weight is 500 g/mol. The Bertz CT molecular complexity index is 1170. The first kappa shape index (κ1) is 24.2. The van der Waals surface area contributed by atoms with Crippen molar-refractivity contribution < 1.29 is 31.9 Å². The normalized spacial score (nSPS) is 11.0. The molecule has 12 heteroatoms. The highest BCUT2D eigenvalue weighted by molar-refractivity contribution is 7.80. The van der Waals surface area contributed by atoms with E-state index in [-0.39, 0.29) is 27.3 Å². The van der Waals surface area contributed by atoms with Crippen molar-refractivity contribution in [2.45, 2.75) is 6.18 Å². The van der Waals surface area contributed by atoms with Gasteiger partial charge in [0.05, 0.1) is 42.4 Å². The van der Waals surface area contributed by atoms with E-state index in [1.54, 1.807) is 0 Å². The molecular formula is C21H17ClF3N3O4S. The van der Waals surface area contributed by atoms with Crippen LogP contribution in [0.4, 0.5) is 30.2 Å². The standard InChI is InChI=1S/C21H17ClF3N3O4S/c1-30-17-10-18(31-2)15(9-13(17)22)28-20(33)27-14-6-5-11(8-12(14)21(23,24)25)26-19(29)16-4-3-7-32-16/h3-10H,1-2H3,(H,26,29)(H2,27,28,33). The lowest BCUT2D eigenvalue weighted by Gasteiger charge is -2.18. The number of hydrogen-bond donors (Lipinski definition) is 3. The molecule has 0 radical (unpaired) electrons. The molecule has 2 aromatic carbocycles. The zero-order valence-corrected chi connectivity index (χ0v) is 18.7. The molecule has 3 N–H and O–H groups in total. The van der Waals surface area contributed by atoms with E-state index in [1.807, 2.05) is 0 Å². The number of anilines is 3. The maximum absolute atomic E-state index is 13.7. The number of thiocarbonyl (C=S) groups is 1. The molecule has 3 aromatic rings. The molecule has 0 saturated carbocycles. The van der Waals surface area contributed by atoms with Gasteiger partial charge < -0.3 is 29.8 Å². The monoisotopic (exact) mass is 499 g/mol. The molecule has 0 unspecified atom stereocenters. The predicted octanol–water partition coefficient (Wildman–Crippen LogP) is 6.03. The van der Waals surface area contributed by atoms with Crippen LogP contribution in [-0.4, -0.2) is 25.2 Å². The van der Waals surface area contributed by atoms with Gasteiger partial charge in [-0.1, -0.05) is 11.6 Å². The van der Waals surface area contributed by atoms with Gasteiger partial charge in [0.15, 0.2) is 10.9 Å². The van der Waals surface area contributed by atoms with E-state index >= 15 is 0 Å². The zero-order valence-electron chi connectivity index (χ0n) is 17.2. The molecule has 0 fully saturated rings. The number of hydrogen-bond acceptors (Lipinski definition) is 5. The number of furan rings is 1. The first-order valence-electron chi connectivity index (χ1n) is 9.18. The smallest absolute Gasteiger partial charge is 0.418 e. The van der Waals surface area contributed by atoms with Crippen molar-refractivity contribution in [1.29, 1.82) is 0 Å². The van der Waals surface area contributed by atoms with E-state index in [0.29, 0.717) is 17.2 Å². The van der Waals surface area contributed by atoms with Crippen molar-refractivity contribution >= 4 is 51.9 Å². The Hall–Kier alpha value is -3.44. The summed E-state index contributed by atoms with van der Waals surface area (Å²) in [6.45, 7) is 0. The Morgan fingerprint density at radius 1 is 1.00 bits per heavy atom. The van der Waals surface area contributed by atoms with E-state index in [9.17, 15) is 18.0 Å². The first-order valence-corrected chi connectivity index (χ1v) is 9.96. The lowest BCUT2D eigenvalue weighted by molar-refractivity contribution is -0.136. The number of amides is 1. The Balaban J connectivity index is 1.82. The number of halogens is 4. The average Bonchev–Trinajstić information content (AvgIpc) is 3.29. The van der Waals surface area contributed by atoms with Gasteiger partial charge in [-0.2, -0.15) is 13.2 Å². The highest BCUT2D eigenvalue weighted by Gasteiger charge is 2.34. The molecule has 174 valence electrons. The van der Waals surface area contributed by atoms with Gasteiger partial charge in [0, 0.05) is 11.8 Å². The molecule has 1 heterocycles. The van der Waals surface area contributed by atoms with Gasteiger partial charge >= 0.3 is 6.18 Å². The Morgan fingerprint density at radius 2 is 1.70 bits per heavy atom. The lowest BCUT2D eigenvalue weighted by Crippen LogP contribution is -2.22. The van der Waals surface area contributed by atoms with Crippen LogP contribution in [0.2, 0.25) is 5.02 Å². The summed E-state index contributed by atoms with van der Waals surface area (Å²) in [6.07, 6.45) is -3.45. The summed E-state index contributed by atoms with van der Waals surface area (Å²) in [5.74, 6) is -0.0605. The van der Waals surface area contributed by atoms with Gasteiger partial charge in [-0.05, 0) is 48.6 Å². The zero-order chi connectivity index (χ0) is 24.2. The molecule has 1 amide bonds. The van der Waals surface area contributed by atoms with Crippen LogP contribution in [-0.2, 0) is 6.18 Å². The molecule has 0 atom stereocenters. The minimum absolute atomic E-state index is 0.0387. The highest BCUT2D eigenvalue weighted by Crippen LogP contribution is 2.38. The molecule has 0 saturated heterocycles. The molecule has 33 heavy (non-hydrogen) atoms. The molecule has 0 aliphatic carbocycles. The van der Waals surface area contributed by atoms with E-state index < -0.39 is 17.6 Å².